The standard InChI is InChI=1S/C20H19IN2O3S/c21-16-11-9-15(10-12-16)18-22-19(20(26-18)23-13-5-2-6-14-23)27(24,25)17-7-3-1-4-8-17/h1,3-4,7-12H,2,5-6,13-14H2. The number of oxazole rings is 1. The topological polar surface area (TPSA) is 63.4 Å². The van der Waals surface area contributed by atoms with E-state index in [-0.39, 0.29) is 9.92 Å². The lowest BCUT2D eigenvalue weighted by molar-refractivity contribution is 0.499. The summed E-state index contributed by atoms with van der Waals surface area (Å²) in [6.07, 6.45) is 3.18. The molecule has 2 heterocycles. The summed E-state index contributed by atoms with van der Waals surface area (Å²) in [6.45, 7) is 1.55. The van der Waals surface area contributed by atoms with Crippen molar-refractivity contribution < 1.29 is 12.8 Å². The second-order valence-electron chi connectivity index (χ2n) is 6.50. The smallest absolute Gasteiger partial charge is 0.236 e. The SMILES string of the molecule is O=S(=O)(c1ccccc1)c1nc(-c2ccc(I)cc2)oc1N1CCCCC1. The first-order valence-corrected chi connectivity index (χ1v) is 11.4. The summed E-state index contributed by atoms with van der Waals surface area (Å²) in [5, 5.41) is 0.00384. The monoisotopic (exact) mass is 494 g/mol. The van der Waals surface area contributed by atoms with Gasteiger partial charge in [0.2, 0.25) is 26.6 Å². The van der Waals surface area contributed by atoms with Crippen LogP contribution in [0.4, 0.5) is 5.88 Å². The number of piperidine rings is 1. The summed E-state index contributed by atoms with van der Waals surface area (Å²) in [5.74, 6) is 0.689. The highest BCUT2D eigenvalue weighted by molar-refractivity contribution is 14.1. The largest absolute Gasteiger partial charge is 0.419 e. The lowest BCUT2D eigenvalue weighted by Gasteiger charge is -2.26. The predicted octanol–water partition coefficient (Wildman–Crippen LogP) is 4.77. The van der Waals surface area contributed by atoms with Gasteiger partial charge in [0, 0.05) is 22.2 Å². The van der Waals surface area contributed by atoms with E-state index in [9.17, 15) is 8.42 Å². The quantitative estimate of drug-likeness (QED) is 0.489. The molecule has 0 aliphatic carbocycles. The second-order valence-corrected chi connectivity index (χ2v) is 9.61. The zero-order valence-corrected chi connectivity index (χ0v) is 17.6. The van der Waals surface area contributed by atoms with Crippen molar-refractivity contribution in [1.29, 1.82) is 0 Å². The van der Waals surface area contributed by atoms with E-state index in [1.807, 2.05) is 29.2 Å². The first kappa shape index (κ1) is 18.5. The minimum absolute atomic E-state index is 0.00384. The average molecular weight is 494 g/mol. The number of nitrogens with zero attached hydrogens (tertiary/aromatic N) is 2. The van der Waals surface area contributed by atoms with Gasteiger partial charge < -0.3 is 9.32 Å². The molecule has 0 spiro atoms. The molecule has 2 aromatic carbocycles. The van der Waals surface area contributed by atoms with Crippen LogP contribution in [-0.4, -0.2) is 26.5 Å². The van der Waals surface area contributed by atoms with Gasteiger partial charge in [-0.25, -0.2) is 8.42 Å². The third kappa shape index (κ3) is 3.75. The molecule has 1 aromatic heterocycles. The van der Waals surface area contributed by atoms with Crippen molar-refractivity contribution in [3.63, 3.8) is 0 Å². The Kier molecular flexibility index (Phi) is 5.23. The third-order valence-electron chi connectivity index (χ3n) is 4.62. The number of halogens is 1. The highest BCUT2D eigenvalue weighted by Crippen LogP contribution is 2.35. The van der Waals surface area contributed by atoms with Gasteiger partial charge in [-0.15, -0.1) is 0 Å². The third-order valence-corrected chi connectivity index (χ3v) is 7.01. The van der Waals surface area contributed by atoms with Crippen molar-refractivity contribution in [2.75, 3.05) is 18.0 Å². The van der Waals surface area contributed by atoms with Gasteiger partial charge in [0.15, 0.2) is 0 Å². The van der Waals surface area contributed by atoms with Gasteiger partial charge in [-0.05, 0) is 78.3 Å². The Balaban J connectivity index is 1.84. The van der Waals surface area contributed by atoms with Crippen LogP contribution in [0.5, 0.6) is 0 Å². The Morgan fingerprint density at radius 3 is 2.26 bits per heavy atom. The van der Waals surface area contributed by atoms with Gasteiger partial charge >= 0.3 is 0 Å². The van der Waals surface area contributed by atoms with Gasteiger partial charge in [0.25, 0.3) is 0 Å². The lowest BCUT2D eigenvalue weighted by atomic mass is 10.1. The fraction of sp³-hybridized carbons (Fsp3) is 0.250. The van der Waals surface area contributed by atoms with Crippen molar-refractivity contribution in [3.05, 3.63) is 58.2 Å². The van der Waals surface area contributed by atoms with E-state index in [0.717, 1.165) is 41.5 Å². The summed E-state index contributed by atoms with van der Waals surface area (Å²) < 4.78 is 33.6. The van der Waals surface area contributed by atoms with Crippen molar-refractivity contribution >= 4 is 38.3 Å². The first-order valence-electron chi connectivity index (χ1n) is 8.87. The lowest BCUT2D eigenvalue weighted by Crippen LogP contribution is -2.30. The normalized spacial score (nSPS) is 15.1. The Morgan fingerprint density at radius 2 is 1.59 bits per heavy atom. The zero-order chi connectivity index (χ0) is 18.9. The van der Waals surface area contributed by atoms with Crippen LogP contribution in [0.3, 0.4) is 0 Å². The van der Waals surface area contributed by atoms with Crippen molar-refractivity contribution in [2.45, 2.75) is 29.2 Å². The van der Waals surface area contributed by atoms with Gasteiger partial charge in [0.1, 0.15) is 0 Å². The maximum atomic E-state index is 13.2. The van der Waals surface area contributed by atoms with Crippen LogP contribution in [0.25, 0.3) is 11.5 Å². The molecule has 1 saturated heterocycles. The molecule has 4 rings (SSSR count). The molecule has 0 bridgehead atoms. The minimum Gasteiger partial charge on any atom is -0.419 e. The molecule has 0 unspecified atom stereocenters. The fourth-order valence-electron chi connectivity index (χ4n) is 3.20. The van der Waals surface area contributed by atoms with Crippen LogP contribution in [0.2, 0.25) is 0 Å². The summed E-state index contributed by atoms with van der Waals surface area (Å²) in [7, 11) is -3.76. The summed E-state index contributed by atoms with van der Waals surface area (Å²) >= 11 is 2.23. The van der Waals surface area contributed by atoms with Crippen LogP contribution in [-0.2, 0) is 9.84 Å². The van der Waals surface area contributed by atoms with Gasteiger partial charge in [0.05, 0.1) is 4.90 Å². The molecule has 0 N–H and O–H groups in total. The summed E-state index contributed by atoms with van der Waals surface area (Å²) in [5.41, 5.74) is 0.767. The molecule has 7 heteroatoms. The average Bonchev–Trinajstić information content (AvgIpc) is 3.16. The molecule has 0 radical (unpaired) electrons. The highest BCUT2D eigenvalue weighted by atomic mass is 127. The van der Waals surface area contributed by atoms with Gasteiger partial charge in [-0.1, -0.05) is 18.2 Å². The van der Waals surface area contributed by atoms with Crippen molar-refractivity contribution in [2.24, 2.45) is 0 Å². The van der Waals surface area contributed by atoms with E-state index in [2.05, 4.69) is 27.6 Å². The summed E-state index contributed by atoms with van der Waals surface area (Å²) in [6, 6.07) is 16.1. The Hall–Kier alpha value is -1.87. The number of anilines is 1. The van der Waals surface area contributed by atoms with E-state index >= 15 is 0 Å². The minimum atomic E-state index is -3.76. The maximum Gasteiger partial charge on any atom is 0.236 e. The Morgan fingerprint density at radius 1 is 0.926 bits per heavy atom. The molecular weight excluding hydrogens is 475 g/mol. The number of hydrogen-bond donors (Lipinski definition) is 0. The highest BCUT2D eigenvalue weighted by Gasteiger charge is 2.31. The van der Waals surface area contributed by atoms with Crippen LogP contribution in [0, 0.1) is 3.57 Å². The molecule has 3 aromatic rings. The van der Waals surface area contributed by atoms with Crippen molar-refractivity contribution in [3.8, 4) is 11.5 Å². The van der Waals surface area contributed by atoms with Crippen LogP contribution >= 0.6 is 22.6 Å². The molecule has 0 amide bonds. The molecule has 5 nitrogen and oxygen atoms in total. The van der Waals surface area contributed by atoms with Gasteiger partial charge in [-0.2, -0.15) is 4.98 Å². The van der Waals surface area contributed by atoms with E-state index in [4.69, 9.17) is 4.42 Å². The van der Waals surface area contributed by atoms with Gasteiger partial charge in [-0.3, -0.25) is 0 Å². The summed E-state index contributed by atoms with van der Waals surface area (Å²) in [4.78, 5) is 6.66. The molecule has 0 atom stereocenters. The Labute approximate surface area is 172 Å². The fourth-order valence-corrected chi connectivity index (χ4v) is 4.90. The van der Waals surface area contributed by atoms with Crippen LogP contribution < -0.4 is 4.90 Å². The predicted molar refractivity (Wildman–Crippen MR) is 113 cm³/mol. The van der Waals surface area contributed by atoms with Crippen LogP contribution in [0.1, 0.15) is 19.3 Å². The molecular formula is C20H19IN2O3S. The van der Waals surface area contributed by atoms with E-state index in [0.29, 0.717) is 11.8 Å². The first-order chi connectivity index (χ1) is 13.1. The van der Waals surface area contributed by atoms with E-state index < -0.39 is 9.84 Å². The second kappa shape index (κ2) is 7.63. The number of sulfone groups is 1. The number of aromatic nitrogens is 1. The number of benzene rings is 2. The maximum absolute atomic E-state index is 13.2. The van der Waals surface area contributed by atoms with Crippen molar-refractivity contribution in [1.82, 2.24) is 4.98 Å². The Bertz CT molecular complexity index is 1020. The molecule has 1 fully saturated rings. The number of hydrogen-bond acceptors (Lipinski definition) is 5. The number of rotatable bonds is 4. The molecule has 27 heavy (non-hydrogen) atoms. The van der Waals surface area contributed by atoms with E-state index in [1.54, 1.807) is 30.3 Å². The molecule has 140 valence electrons. The molecule has 0 saturated carbocycles. The van der Waals surface area contributed by atoms with E-state index in [1.165, 1.54) is 0 Å². The molecule has 1 aliphatic heterocycles. The van der Waals surface area contributed by atoms with Crippen LogP contribution in [0.15, 0.2) is 68.9 Å². The zero-order valence-electron chi connectivity index (χ0n) is 14.6. The molecule has 1 aliphatic rings.